The zero-order valence-corrected chi connectivity index (χ0v) is 18.7. The van der Waals surface area contributed by atoms with Crippen LogP contribution in [0.1, 0.15) is 10.4 Å². The number of amides is 1. The minimum absolute atomic E-state index is 0.216. The maximum absolute atomic E-state index is 13.7. The summed E-state index contributed by atoms with van der Waals surface area (Å²) in [5.41, 5.74) is 2.65. The third kappa shape index (κ3) is 5.54. The summed E-state index contributed by atoms with van der Waals surface area (Å²) >= 11 is 6.04. The van der Waals surface area contributed by atoms with E-state index in [2.05, 4.69) is 20.1 Å². The molecular weight excluding hydrogens is 469 g/mol. The number of rotatable bonds is 6. The molecule has 2 N–H and O–H groups in total. The topological polar surface area (TPSA) is 106 Å². The minimum Gasteiger partial charge on any atom is -0.322 e. The number of hydrogen-bond donors (Lipinski definition) is 2. The molecule has 0 aliphatic rings. The van der Waals surface area contributed by atoms with Gasteiger partial charge in [0.05, 0.1) is 35.6 Å². The molecular formula is C22H17ClFN5O3S. The van der Waals surface area contributed by atoms with Gasteiger partial charge in [-0.2, -0.15) is 5.10 Å². The fraction of sp³-hybridized carbons (Fsp3) is 0.0455. The van der Waals surface area contributed by atoms with Gasteiger partial charge in [-0.3, -0.25) is 14.5 Å². The van der Waals surface area contributed by atoms with Crippen molar-refractivity contribution in [2.75, 3.05) is 16.3 Å². The van der Waals surface area contributed by atoms with Crippen LogP contribution in [0.5, 0.6) is 0 Å². The van der Waals surface area contributed by atoms with Crippen LogP contribution in [-0.4, -0.2) is 35.3 Å². The number of aromatic nitrogens is 3. The third-order valence-corrected chi connectivity index (χ3v) is 5.30. The van der Waals surface area contributed by atoms with Crippen LogP contribution >= 0.6 is 11.6 Å². The fourth-order valence-corrected chi connectivity index (χ4v) is 3.97. The summed E-state index contributed by atoms with van der Waals surface area (Å²) in [7, 11) is -3.51. The van der Waals surface area contributed by atoms with E-state index in [0.29, 0.717) is 22.5 Å². The maximum Gasteiger partial charge on any atom is 0.258 e. The van der Waals surface area contributed by atoms with Crippen molar-refractivity contribution >= 4 is 38.9 Å². The van der Waals surface area contributed by atoms with Crippen molar-refractivity contribution in [3.8, 4) is 16.8 Å². The van der Waals surface area contributed by atoms with Crippen molar-refractivity contribution in [2.45, 2.75) is 0 Å². The van der Waals surface area contributed by atoms with E-state index in [9.17, 15) is 17.6 Å². The smallest absolute Gasteiger partial charge is 0.258 e. The quantitative estimate of drug-likeness (QED) is 0.422. The zero-order valence-electron chi connectivity index (χ0n) is 17.2. The van der Waals surface area contributed by atoms with Crippen molar-refractivity contribution in [2.24, 2.45) is 0 Å². The number of carbonyl (C=O) groups excluding carboxylic acids is 1. The number of anilines is 2. The van der Waals surface area contributed by atoms with E-state index >= 15 is 0 Å². The van der Waals surface area contributed by atoms with Crippen LogP contribution in [0.4, 0.5) is 15.8 Å². The summed E-state index contributed by atoms with van der Waals surface area (Å²) < 4.78 is 40.4. The second-order valence-corrected chi connectivity index (χ2v) is 9.32. The average Bonchev–Trinajstić information content (AvgIpc) is 3.22. The summed E-state index contributed by atoms with van der Waals surface area (Å²) in [6, 6.07) is 12.9. The Morgan fingerprint density at radius 1 is 1.06 bits per heavy atom. The Morgan fingerprint density at radius 3 is 2.58 bits per heavy atom. The van der Waals surface area contributed by atoms with E-state index in [1.807, 2.05) is 6.07 Å². The van der Waals surface area contributed by atoms with Crippen LogP contribution in [0.25, 0.3) is 16.8 Å². The lowest BCUT2D eigenvalue weighted by atomic mass is 10.1. The van der Waals surface area contributed by atoms with Gasteiger partial charge in [0.2, 0.25) is 10.0 Å². The molecule has 8 nitrogen and oxygen atoms in total. The van der Waals surface area contributed by atoms with E-state index in [0.717, 1.165) is 12.5 Å². The number of nitrogens with one attached hydrogen (secondary N) is 2. The zero-order chi connectivity index (χ0) is 23.6. The van der Waals surface area contributed by atoms with Gasteiger partial charge in [0, 0.05) is 34.2 Å². The van der Waals surface area contributed by atoms with Gasteiger partial charge in [-0.25, -0.2) is 17.5 Å². The lowest BCUT2D eigenvalue weighted by Crippen LogP contribution is -2.13. The van der Waals surface area contributed by atoms with Gasteiger partial charge >= 0.3 is 0 Å². The monoisotopic (exact) mass is 485 g/mol. The molecule has 0 bridgehead atoms. The van der Waals surface area contributed by atoms with Gasteiger partial charge in [0.15, 0.2) is 0 Å². The molecule has 0 radical (unpaired) electrons. The van der Waals surface area contributed by atoms with Crippen LogP contribution in [0.15, 0.2) is 73.3 Å². The molecule has 33 heavy (non-hydrogen) atoms. The Kier molecular flexibility index (Phi) is 6.12. The predicted molar refractivity (Wildman–Crippen MR) is 125 cm³/mol. The lowest BCUT2D eigenvalue weighted by Gasteiger charge is -2.10. The van der Waals surface area contributed by atoms with Gasteiger partial charge < -0.3 is 5.32 Å². The molecule has 1 amide bonds. The van der Waals surface area contributed by atoms with E-state index in [1.54, 1.807) is 24.4 Å². The second-order valence-electron chi connectivity index (χ2n) is 7.14. The molecule has 11 heteroatoms. The highest BCUT2D eigenvalue weighted by molar-refractivity contribution is 7.92. The number of para-hydroxylation sites is 1. The molecule has 0 fully saturated rings. The molecule has 0 aliphatic heterocycles. The number of sulfonamides is 1. The lowest BCUT2D eigenvalue weighted by molar-refractivity contribution is 0.102. The van der Waals surface area contributed by atoms with Gasteiger partial charge in [0.25, 0.3) is 5.91 Å². The average molecular weight is 486 g/mol. The first-order valence-corrected chi connectivity index (χ1v) is 11.8. The fourth-order valence-electron chi connectivity index (χ4n) is 3.19. The van der Waals surface area contributed by atoms with Crippen molar-refractivity contribution in [3.05, 3.63) is 89.7 Å². The summed E-state index contributed by atoms with van der Waals surface area (Å²) in [6.07, 6.45) is 6.59. The Balaban J connectivity index is 1.60. The first-order chi connectivity index (χ1) is 15.7. The number of hydrogen-bond acceptors (Lipinski definition) is 5. The minimum atomic E-state index is -3.51. The van der Waals surface area contributed by atoms with E-state index < -0.39 is 21.7 Å². The van der Waals surface area contributed by atoms with Crippen molar-refractivity contribution in [1.82, 2.24) is 14.8 Å². The Morgan fingerprint density at radius 2 is 1.82 bits per heavy atom. The molecule has 0 unspecified atom stereocenters. The van der Waals surface area contributed by atoms with Gasteiger partial charge in [-0.1, -0.05) is 29.8 Å². The summed E-state index contributed by atoms with van der Waals surface area (Å²) in [4.78, 5) is 16.6. The third-order valence-electron chi connectivity index (χ3n) is 4.47. The highest BCUT2D eigenvalue weighted by atomic mass is 35.5. The molecule has 168 valence electrons. The standard InChI is InChI=1S/C22H17ClFN5O3S/c1-33(31,32)28-19-8-16(23)7-18(9-19)27-22(30)15-11-26-29(13-15)21-5-3-2-4-20(21)14-6-17(24)12-25-10-14/h2-13,28H,1H3,(H,27,30). The van der Waals surface area contributed by atoms with Gasteiger partial charge in [0.1, 0.15) is 5.82 Å². The predicted octanol–water partition coefficient (Wildman–Crippen LogP) is 4.35. The Labute approximate surface area is 194 Å². The van der Waals surface area contributed by atoms with Gasteiger partial charge in [-0.05, 0) is 30.3 Å². The van der Waals surface area contributed by atoms with Crippen molar-refractivity contribution in [3.63, 3.8) is 0 Å². The van der Waals surface area contributed by atoms with Crippen molar-refractivity contribution < 1.29 is 17.6 Å². The number of halogens is 2. The molecule has 0 atom stereocenters. The number of pyridine rings is 1. The molecule has 0 saturated heterocycles. The summed E-state index contributed by atoms with van der Waals surface area (Å²) in [5.74, 6) is -0.937. The Bertz CT molecular complexity index is 1460. The number of carbonyl (C=O) groups is 1. The molecule has 2 aromatic carbocycles. The van der Waals surface area contributed by atoms with Crippen LogP contribution in [0, 0.1) is 5.82 Å². The second kappa shape index (κ2) is 9.00. The normalized spacial score (nSPS) is 11.2. The van der Waals surface area contributed by atoms with Crippen LogP contribution in [-0.2, 0) is 10.0 Å². The first kappa shape index (κ1) is 22.4. The molecule has 0 spiro atoms. The van der Waals surface area contributed by atoms with Crippen LogP contribution < -0.4 is 10.0 Å². The first-order valence-electron chi connectivity index (χ1n) is 9.53. The molecule has 4 rings (SSSR count). The van der Waals surface area contributed by atoms with E-state index in [1.165, 1.54) is 41.3 Å². The van der Waals surface area contributed by atoms with Crippen LogP contribution in [0.2, 0.25) is 5.02 Å². The Hall–Kier alpha value is -3.76. The molecule has 0 saturated carbocycles. The van der Waals surface area contributed by atoms with E-state index in [-0.39, 0.29) is 16.3 Å². The highest BCUT2D eigenvalue weighted by Crippen LogP contribution is 2.27. The largest absolute Gasteiger partial charge is 0.322 e. The van der Waals surface area contributed by atoms with Crippen molar-refractivity contribution in [1.29, 1.82) is 0 Å². The summed E-state index contributed by atoms with van der Waals surface area (Å²) in [5, 5.41) is 7.18. The molecule has 0 aliphatic carbocycles. The summed E-state index contributed by atoms with van der Waals surface area (Å²) in [6.45, 7) is 0. The van der Waals surface area contributed by atoms with Crippen LogP contribution in [0.3, 0.4) is 0 Å². The number of nitrogens with zero attached hydrogens (tertiary/aromatic N) is 3. The SMILES string of the molecule is CS(=O)(=O)Nc1cc(Cl)cc(NC(=O)c2cnn(-c3ccccc3-c3cncc(F)c3)c2)c1. The van der Waals surface area contributed by atoms with E-state index in [4.69, 9.17) is 11.6 Å². The highest BCUT2D eigenvalue weighted by Gasteiger charge is 2.14. The number of benzene rings is 2. The van der Waals surface area contributed by atoms with Gasteiger partial charge in [-0.15, -0.1) is 0 Å². The maximum atomic E-state index is 13.7. The molecule has 4 aromatic rings. The molecule has 2 heterocycles. The molecule has 2 aromatic heterocycles.